The predicted octanol–water partition coefficient (Wildman–Crippen LogP) is 3.47. The molecule has 9 heteroatoms. The zero-order chi connectivity index (χ0) is 21.1. The second kappa shape index (κ2) is 8.62. The molecule has 3 aromatic heterocycles. The number of imidazole rings is 1. The summed E-state index contributed by atoms with van der Waals surface area (Å²) in [5.41, 5.74) is 4.55. The van der Waals surface area contributed by atoms with E-state index in [1.165, 1.54) is 4.57 Å². The Kier molecular flexibility index (Phi) is 5.76. The van der Waals surface area contributed by atoms with E-state index in [4.69, 9.17) is 11.6 Å². The highest BCUT2D eigenvalue weighted by atomic mass is 35.5. The molecule has 0 bridgehead atoms. The molecule has 4 aromatic rings. The lowest BCUT2D eigenvalue weighted by Crippen LogP contribution is -2.24. The molecule has 1 N–H and O–H groups in total. The van der Waals surface area contributed by atoms with Gasteiger partial charge in [-0.2, -0.15) is 5.21 Å². The summed E-state index contributed by atoms with van der Waals surface area (Å²) in [6, 6.07) is 9.91. The summed E-state index contributed by atoms with van der Waals surface area (Å²) in [5.74, 6) is 0.516. The Morgan fingerprint density at radius 1 is 1.13 bits per heavy atom. The Balaban J connectivity index is 1.64. The molecule has 1 aromatic carbocycles. The van der Waals surface area contributed by atoms with Crippen LogP contribution in [0.4, 0.5) is 0 Å². The predicted molar refractivity (Wildman–Crippen MR) is 115 cm³/mol. The van der Waals surface area contributed by atoms with Crippen LogP contribution in [0.5, 0.6) is 0 Å². The van der Waals surface area contributed by atoms with E-state index in [0.717, 1.165) is 47.2 Å². The van der Waals surface area contributed by atoms with Crippen molar-refractivity contribution in [3.05, 3.63) is 69.6 Å². The number of H-pyrrole nitrogens is 1. The summed E-state index contributed by atoms with van der Waals surface area (Å²) in [6.07, 6.45) is 6.30. The first-order chi connectivity index (χ1) is 14.6. The Morgan fingerprint density at radius 2 is 1.93 bits per heavy atom. The second-order valence-electron chi connectivity index (χ2n) is 7.12. The molecule has 0 aliphatic carbocycles. The third kappa shape index (κ3) is 3.78. The van der Waals surface area contributed by atoms with E-state index in [-0.39, 0.29) is 5.69 Å². The second-order valence-corrected chi connectivity index (χ2v) is 7.48. The van der Waals surface area contributed by atoms with Crippen LogP contribution in [0.1, 0.15) is 31.0 Å². The van der Waals surface area contributed by atoms with E-state index >= 15 is 0 Å². The van der Waals surface area contributed by atoms with E-state index < -0.39 is 0 Å². The van der Waals surface area contributed by atoms with Crippen molar-refractivity contribution in [3.63, 3.8) is 0 Å². The van der Waals surface area contributed by atoms with Gasteiger partial charge >= 0.3 is 5.69 Å². The van der Waals surface area contributed by atoms with Gasteiger partial charge in [0.2, 0.25) is 5.82 Å². The SMILES string of the molecule is CCCCc1c(Cl)n(C)c(=O)n1Cc1ccc(-c2cnccc2-c2nn[nH]n2)cc1. The molecule has 0 atom stereocenters. The number of nitrogens with one attached hydrogen (secondary N) is 1. The first kappa shape index (κ1) is 20.0. The Bertz CT molecular complexity index is 1190. The number of nitrogens with zero attached hydrogens (tertiary/aromatic N) is 6. The fraction of sp³-hybridized carbons (Fsp3) is 0.286. The number of halogens is 1. The van der Waals surface area contributed by atoms with Crippen molar-refractivity contribution in [1.29, 1.82) is 0 Å². The van der Waals surface area contributed by atoms with Gasteiger partial charge in [0, 0.05) is 30.6 Å². The molecule has 154 valence electrons. The van der Waals surface area contributed by atoms with Gasteiger partial charge in [0.15, 0.2) is 0 Å². The number of hydrogen-bond donors (Lipinski definition) is 1. The number of benzene rings is 1. The summed E-state index contributed by atoms with van der Waals surface area (Å²) in [5, 5.41) is 14.8. The molecule has 3 heterocycles. The number of pyridine rings is 1. The first-order valence-corrected chi connectivity index (χ1v) is 10.2. The van der Waals surface area contributed by atoms with Crippen LogP contribution in [-0.2, 0) is 20.0 Å². The van der Waals surface area contributed by atoms with Crippen molar-refractivity contribution in [2.75, 3.05) is 0 Å². The number of unbranched alkanes of at least 4 members (excludes halogenated alkanes) is 1. The van der Waals surface area contributed by atoms with Crippen molar-refractivity contribution >= 4 is 11.6 Å². The standard InChI is InChI=1S/C21H22ClN7O/c1-3-4-5-18-19(22)28(2)21(30)29(18)13-14-6-8-15(9-7-14)17-12-23-11-10-16(17)20-24-26-27-25-20/h6-12H,3-5,13H2,1-2H3,(H,24,25,26,27). The Labute approximate surface area is 178 Å². The van der Waals surface area contributed by atoms with Gasteiger partial charge in [-0.25, -0.2) is 4.79 Å². The van der Waals surface area contributed by atoms with Crippen molar-refractivity contribution in [2.24, 2.45) is 7.05 Å². The number of hydrogen-bond acceptors (Lipinski definition) is 5. The summed E-state index contributed by atoms with van der Waals surface area (Å²) < 4.78 is 3.27. The van der Waals surface area contributed by atoms with E-state index in [9.17, 15) is 4.79 Å². The van der Waals surface area contributed by atoms with E-state index in [1.54, 1.807) is 24.0 Å². The molecule has 0 amide bonds. The lowest BCUT2D eigenvalue weighted by atomic mass is 10.0. The summed E-state index contributed by atoms with van der Waals surface area (Å²) in [7, 11) is 1.71. The lowest BCUT2D eigenvalue weighted by Gasteiger charge is -2.10. The Morgan fingerprint density at radius 3 is 2.63 bits per heavy atom. The van der Waals surface area contributed by atoms with Crippen LogP contribution in [0.2, 0.25) is 5.15 Å². The van der Waals surface area contributed by atoms with Crippen LogP contribution in [0, 0.1) is 0 Å². The highest BCUT2D eigenvalue weighted by Gasteiger charge is 2.16. The summed E-state index contributed by atoms with van der Waals surface area (Å²) in [4.78, 5) is 16.9. The van der Waals surface area contributed by atoms with Crippen LogP contribution >= 0.6 is 11.6 Å². The minimum Gasteiger partial charge on any atom is -0.290 e. The minimum absolute atomic E-state index is 0.0955. The van der Waals surface area contributed by atoms with Crippen molar-refractivity contribution < 1.29 is 0 Å². The van der Waals surface area contributed by atoms with E-state index in [1.807, 2.05) is 30.3 Å². The maximum atomic E-state index is 12.7. The van der Waals surface area contributed by atoms with Crippen LogP contribution in [0.15, 0.2) is 47.5 Å². The lowest BCUT2D eigenvalue weighted by molar-refractivity contribution is 0.667. The maximum Gasteiger partial charge on any atom is 0.329 e. The van der Waals surface area contributed by atoms with Crippen LogP contribution in [0.25, 0.3) is 22.5 Å². The van der Waals surface area contributed by atoms with Crippen LogP contribution in [0.3, 0.4) is 0 Å². The highest BCUT2D eigenvalue weighted by molar-refractivity contribution is 6.30. The fourth-order valence-corrected chi connectivity index (χ4v) is 3.77. The summed E-state index contributed by atoms with van der Waals surface area (Å²) in [6.45, 7) is 2.60. The number of tetrazole rings is 1. The fourth-order valence-electron chi connectivity index (χ4n) is 3.50. The smallest absolute Gasteiger partial charge is 0.290 e. The van der Waals surface area contributed by atoms with Crippen molar-refractivity contribution in [1.82, 2.24) is 34.7 Å². The average Bonchev–Trinajstić information content (AvgIpc) is 3.38. The van der Waals surface area contributed by atoms with Gasteiger partial charge < -0.3 is 0 Å². The topological polar surface area (TPSA) is 94.3 Å². The van der Waals surface area contributed by atoms with Gasteiger partial charge in [-0.1, -0.05) is 49.2 Å². The number of rotatable bonds is 7. The molecule has 0 unspecified atom stereocenters. The van der Waals surface area contributed by atoms with Crippen molar-refractivity contribution in [3.8, 4) is 22.5 Å². The largest absolute Gasteiger partial charge is 0.329 e. The number of aromatic nitrogens is 7. The zero-order valence-electron chi connectivity index (χ0n) is 16.8. The summed E-state index contributed by atoms with van der Waals surface area (Å²) >= 11 is 6.41. The molecule has 30 heavy (non-hydrogen) atoms. The molecular weight excluding hydrogens is 402 g/mol. The third-order valence-electron chi connectivity index (χ3n) is 5.16. The van der Waals surface area contributed by atoms with Crippen LogP contribution < -0.4 is 5.69 Å². The average molecular weight is 424 g/mol. The first-order valence-electron chi connectivity index (χ1n) is 9.81. The molecule has 0 saturated heterocycles. The normalized spacial score (nSPS) is 11.2. The number of aromatic amines is 1. The van der Waals surface area contributed by atoms with Gasteiger partial charge in [-0.05, 0) is 35.2 Å². The quantitative estimate of drug-likeness (QED) is 0.491. The molecule has 8 nitrogen and oxygen atoms in total. The molecular formula is C21H22ClN7O. The molecule has 0 saturated carbocycles. The van der Waals surface area contributed by atoms with Crippen molar-refractivity contribution in [2.45, 2.75) is 32.7 Å². The minimum atomic E-state index is -0.0955. The van der Waals surface area contributed by atoms with Gasteiger partial charge in [0.25, 0.3) is 0 Å². The molecule has 0 spiro atoms. The highest BCUT2D eigenvalue weighted by Crippen LogP contribution is 2.29. The van der Waals surface area contributed by atoms with Gasteiger partial charge in [-0.3, -0.25) is 14.1 Å². The van der Waals surface area contributed by atoms with Gasteiger partial charge in [0.1, 0.15) is 5.15 Å². The molecule has 4 rings (SSSR count). The third-order valence-corrected chi connectivity index (χ3v) is 5.63. The van der Waals surface area contributed by atoms with Crippen LogP contribution in [-0.4, -0.2) is 34.7 Å². The Hall–Kier alpha value is -3.26. The molecule has 0 radical (unpaired) electrons. The van der Waals surface area contributed by atoms with Gasteiger partial charge in [0.05, 0.1) is 12.2 Å². The zero-order valence-corrected chi connectivity index (χ0v) is 17.6. The van der Waals surface area contributed by atoms with Gasteiger partial charge in [-0.15, -0.1) is 10.2 Å². The van der Waals surface area contributed by atoms with E-state index in [0.29, 0.717) is 17.5 Å². The molecule has 0 fully saturated rings. The monoisotopic (exact) mass is 423 g/mol. The maximum absolute atomic E-state index is 12.7. The molecule has 0 aliphatic rings. The van der Waals surface area contributed by atoms with E-state index in [2.05, 4.69) is 32.5 Å². The molecule has 0 aliphatic heterocycles.